The predicted molar refractivity (Wildman–Crippen MR) is 96.5 cm³/mol. The Morgan fingerprint density at radius 3 is 2.54 bits per heavy atom. The summed E-state index contributed by atoms with van der Waals surface area (Å²) in [6, 6.07) is 14.1. The highest BCUT2D eigenvalue weighted by Crippen LogP contribution is 2.15. The maximum absolute atomic E-state index is 11.9. The van der Waals surface area contributed by atoms with E-state index in [0.717, 1.165) is 5.56 Å². The average Bonchev–Trinajstić information content (AvgIpc) is 2.59. The number of pyridine rings is 1. The smallest absolute Gasteiger partial charge is 0.315 e. The number of benzene rings is 1. The molecule has 1 aromatic carbocycles. The van der Waals surface area contributed by atoms with Crippen molar-refractivity contribution in [2.24, 2.45) is 0 Å². The Morgan fingerprint density at radius 1 is 1.12 bits per heavy atom. The van der Waals surface area contributed by atoms with E-state index in [1.54, 1.807) is 12.4 Å². The van der Waals surface area contributed by atoms with E-state index >= 15 is 0 Å². The molecule has 0 aliphatic heterocycles. The van der Waals surface area contributed by atoms with Crippen LogP contribution >= 0.6 is 0 Å². The number of hydrogen-bond donors (Lipinski definition) is 3. The van der Waals surface area contributed by atoms with Crippen molar-refractivity contribution < 1.29 is 4.79 Å². The normalized spacial score (nSPS) is 12.5. The third kappa shape index (κ3) is 6.01. The van der Waals surface area contributed by atoms with Gasteiger partial charge in [0.25, 0.3) is 0 Å². The maximum atomic E-state index is 11.9. The molecule has 0 aliphatic carbocycles. The van der Waals surface area contributed by atoms with Crippen LogP contribution in [0.1, 0.15) is 37.9 Å². The molecule has 0 aliphatic rings. The zero-order valence-electron chi connectivity index (χ0n) is 14.5. The molecule has 0 spiro atoms. The first-order valence-electron chi connectivity index (χ1n) is 8.19. The second-order valence-electron chi connectivity index (χ2n) is 6.56. The number of carbonyl (C=O) groups is 1. The van der Waals surface area contributed by atoms with Crippen molar-refractivity contribution in [1.82, 2.24) is 20.9 Å². The molecular weight excluding hydrogens is 300 g/mol. The van der Waals surface area contributed by atoms with Gasteiger partial charge in [-0.25, -0.2) is 4.79 Å². The van der Waals surface area contributed by atoms with E-state index in [9.17, 15) is 4.79 Å². The van der Waals surface area contributed by atoms with Gasteiger partial charge in [-0.05, 0) is 38.0 Å². The summed E-state index contributed by atoms with van der Waals surface area (Å²) in [5, 5.41) is 9.30. The van der Waals surface area contributed by atoms with Gasteiger partial charge in [-0.15, -0.1) is 0 Å². The molecule has 3 N–H and O–H groups in total. The highest BCUT2D eigenvalue weighted by molar-refractivity contribution is 5.73. The van der Waals surface area contributed by atoms with Gasteiger partial charge in [-0.3, -0.25) is 4.98 Å². The Balaban J connectivity index is 1.76. The average molecular weight is 326 g/mol. The van der Waals surface area contributed by atoms with Crippen LogP contribution in [-0.4, -0.2) is 23.1 Å². The maximum Gasteiger partial charge on any atom is 0.315 e. The van der Waals surface area contributed by atoms with Gasteiger partial charge in [-0.1, -0.05) is 36.4 Å². The van der Waals surface area contributed by atoms with Crippen LogP contribution < -0.4 is 16.0 Å². The van der Waals surface area contributed by atoms with E-state index < -0.39 is 0 Å². The van der Waals surface area contributed by atoms with Gasteiger partial charge in [0.2, 0.25) is 0 Å². The van der Waals surface area contributed by atoms with Crippen LogP contribution in [0.25, 0.3) is 0 Å². The van der Waals surface area contributed by atoms with Crippen molar-refractivity contribution >= 4 is 6.03 Å². The molecule has 2 rings (SSSR count). The Kier molecular flexibility index (Phi) is 6.32. The van der Waals surface area contributed by atoms with E-state index in [-0.39, 0.29) is 17.6 Å². The van der Waals surface area contributed by atoms with E-state index in [1.165, 1.54) is 5.56 Å². The molecule has 128 valence electrons. The summed E-state index contributed by atoms with van der Waals surface area (Å²) in [6.45, 7) is 7.28. The molecule has 2 amide bonds. The fourth-order valence-corrected chi connectivity index (χ4v) is 2.51. The number of urea groups is 1. The van der Waals surface area contributed by atoms with Gasteiger partial charge in [0.15, 0.2) is 0 Å². The van der Waals surface area contributed by atoms with E-state index in [0.29, 0.717) is 13.1 Å². The molecule has 1 atom stereocenters. The predicted octanol–water partition coefficient (Wildman–Crippen LogP) is 3.01. The van der Waals surface area contributed by atoms with E-state index in [1.807, 2.05) is 30.3 Å². The largest absolute Gasteiger partial charge is 0.336 e. The summed E-state index contributed by atoms with van der Waals surface area (Å²) in [5.41, 5.74) is 1.98. The number of rotatable bonds is 7. The van der Waals surface area contributed by atoms with Crippen LogP contribution in [0.2, 0.25) is 0 Å². The zero-order chi connectivity index (χ0) is 17.4. The van der Waals surface area contributed by atoms with Crippen LogP contribution in [0, 0.1) is 0 Å². The number of nitrogens with zero attached hydrogens (tertiary/aromatic N) is 1. The molecule has 0 saturated heterocycles. The van der Waals surface area contributed by atoms with Crippen LogP contribution in [0.5, 0.6) is 0 Å². The fourth-order valence-electron chi connectivity index (χ4n) is 2.51. The van der Waals surface area contributed by atoms with Crippen LogP contribution in [0.3, 0.4) is 0 Å². The number of aromatic nitrogens is 1. The van der Waals surface area contributed by atoms with Crippen LogP contribution in [-0.2, 0) is 6.54 Å². The summed E-state index contributed by atoms with van der Waals surface area (Å²) < 4.78 is 0. The molecule has 1 aromatic heterocycles. The van der Waals surface area contributed by atoms with Crippen molar-refractivity contribution in [3.05, 3.63) is 66.0 Å². The Hall–Kier alpha value is -2.40. The Morgan fingerprint density at radius 2 is 1.88 bits per heavy atom. The molecule has 0 unspecified atom stereocenters. The molecule has 0 fully saturated rings. The van der Waals surface area contributed by atoms with E-state index in [2.05, 4.69) is 53.8 Å². The zero-order valence-corrected chi connectivity index (χ0v) is 14.5. The second-order valence-corrected chi connectivity index (χ2v) is 6.56. The second kappa shape index (κ2) is 8.45. The number of nitrogens with one attached hydrogen (secondary N) is 3. The van der Waals surface area contributed by atoms with Gasteiger partial charge in [0.05, 0.1) is 0 Å². The van der Waals surface area contributed by atoms with Crippen molar-refractivity contribution in [2.45, 2.75) is 38.9 Å². The molecule has 1 heterocycles. The number of carbonyl (C=O) groups excluding carboxylic acids is 1. The minimum absolute atomic E-state index is 0.180. The Bertz CT molecular complexity index is 628. The molecular formula is C19H26N4O. The number of amides is 2. The lowest BCUT2D eigenvalue weighted by atomic mass is 10.0. The van der Waals surface area contributed by atoms with Gasteiger partial charge in [-0.2, -0.15) is 0 Å². The summed E-state index contributed by atoms with van der Waals surface area (Å²) in [7, 11) is 0. The van der Waals surface area contributed by atoms with Crippen molar-refractivity contribution in [3.8, 4) is 0 Å². The lowest BCUT2D eigenvalue weighted by Gasteiger charge is -2.30. The van der Waals surface area contributed by atoms with Gasteiger partial charge in [0, 0.05) is 37.1 Å². The van der Waals surface area contributed by atoms with Gasteiger partial charge in [0.1, 0.15) is 0 Å². The van der Waals surface area contributed by atoms with Crippen molar-refractivity contribution in [3.63, 3.8) is 0 Å². The van der Waals surface area contributed by atoms with Gasteiger partial charge >= 0.3 is 6.03 Å². The topological polar surface area (TPSA) is 66.0 Å². The minimum atomic E-state index is -0.221. The summed E-state index contributed by atoms with van der Waals surface area (Å²) in [4.78, 5) is 16.0. The molecule has 0 bridgehead atoms. The van der Waals surface area contributed by atoms with Crippen molar-refractivity contribution in [2.75, 3.05) is 6.54 Å². The highest BCUT2D eigenvalue weighted by Gasteiger charge is 2.21. The molecule has 24 heavy (non-hydrogen) atoms. The fraction of sp³-hybridized carbons (Fsp3) is 0.368. The highest BCUT2D eigenvalue weighted by atomic mass is 16.2. The number of hydrogen-bond acceptors (Lipinski definition) is 3. The third-order valence-electron chi connectivity index (χ3n) is 3.77. The third-order valence-corrected chi connectivity index (χ3v) is 3.77. The monoisotopic (exact) mass is 326 g/mol. The van der Waals surface area contributed by atoms with E-state index in [4.69, 9.17) is 0 Å². The lowest BCUT2D eigenvalue weighted by Crippen LogP contribution is -2.51. The lowest BCUT2D eigenvalue weighted by molar-refractivity contribution is 0.234. The van der Waals surface area contributed by atoms with Crippen molar-refractivity contribution in [1.29, 1.82) is 0 Å². The molecule has 5 nitrogen and oxygen atoms in total. The molecule has 5 heteroatoms. The first-order chi connectivity index (χ1) is 11.5. The summed E-state index contributed by atoms with van der Waals surface area (Å²) in [6.07, 6.45) is 3.46. The summed E-state index contributed by atoms with van der Waals surface area (Å²) in [5.74, 6) is 0. The first kappa shape index (κ1) is 17.9. The van der Waals surface area contributed by atoms with Crippen LogP contribution in [0.15, 0.2) is 54.9 Å². The Labute approximate surface area is 143 Å². The molecule has 2 aromatic rings. The quantitative estimate of drug-likeness (QED) is 0.733. The minimum Gasteiger partial charge on any atom is -0.336 e. The molecule has 0 saturated carbocycles. The van der Waals surface area contributed by atoms with Crippen LogP contribution in [0.4, 0.5) is 4.79 Å². The SMILES string of the molecule is C[C@H](NC(C)(C)CNC(=O)NCc1cccnc1)c1ccccc1. The standard InChI is InChI=1S/C19H26N4O/c1-15(17-9-5-4-6-10-17)23-19(2,3)14-22-18(24)21-13-16-8-7-11-20-12-16/h4-12,15,23H,13-14H2,1-3H3,(H2,21,22,24)/t15-/m0/s1. The first-order valence-corrected chi connectivity index (χ1v) is 8.19. The molecule has 0 radical (unpaired) electrons. The summed E-state index contributed by atoms with van der Waals surface area (Å²) >= 11 is 0. The van der Waals surface area contributed by atoms with Gasteiger partial charge < -0.3 is 16.0 Å².